The highest BCUT2D eigenvalue weighted by Gasteiger charge is 2.28. The molecule has 0 radical (unpaired) electrons. The molecule has 3 amide bonds. The Labute approximate surface area is 246 Å². The molecule has 2 heterocycles. The van der Waals surface area contributed by atoms with E-state index >= 15 is 0 Å². The lowest BCUT2D eigenvalue weighted by Gasteiger charge is -2.31. The van der Waals surface area contributed by atoms with Crippen molar-refractivity contribution in [3.63, 3.8) is 0 Å². The smallest absolute Gasteiger partial charge is 0.256 e. The minimum atomic E-state index is -0.557. The number of carbonyl (C=O) groups excluding carboxylic acids is 3. The number of hydrogen-bond acceptors (Lipinski definition) is 6. The Bertz CT molecular complexity index is 1350. The first kappa shape index (κ1) is 29.3. The van der Waals surface area contributed by atoms with E-state index in [0.717, 1.165) is 17.7 Å². The van der Waals surface area contributed by atoms with E-state index in [1.165, 1.54) is 43.0 Å². The van der Waals surface area contributed by atoms with Crippen molar-refractivity contribution in [1.82, 2.24) is 25.3 Å². The van der Waals surface area contributed by atoms with Gasteiger partial charge in [-0.05, 0) is 48.6 Å². The second-order valence-corrected chi connectivity index (χ2v) is 11.1. The Kier molecular flexibility index (Phi) is 9.86. The molecular weight excluding hydrogens is 532 g/mol. The number of ether oxygens (including phenoxy) is 1. The van der Waals surface area contributed by atoms with E-state index in [9.17, 15) is 14.4 Å². The van der Waals surface area contributed by atoms with Crippen LogP contribution in [0.15, 0.2) is 60.8 Å². The molecule has 3 aromatic rings. The van der Waals surface area contributed by atoms with E-state index in [2.05, 4.69) is 15.7 Å². The predicted octanol–water partition coefficient (Wildman–Crippen LogP) is 3.70. The van der Waals surface area contributed by atoms with Gasteiger partial charge in [-0.3, -0.25) is 14.4 Å². The minimum absolute atomic E-state index is 0.0309. The van der Waals surface area contributed by atoms with Gasteiger partial charge in [-0.1, -0.05) is 62.4 Å². The largest absolute Gasteiger partial charge is 0.383 e. The van der Waals surface area contributed by atoms with Gasteiger partial charge in [-0.2, -0.15) is 5.10 Å². The van der Waals surface area contributed by atoms with Gasteiger partial charge in [0, 0.05) is 25.2 Å². The number of amides is 3. The number of hydrogen-bond donors (Lipinski definition) is 3. The predicted molar refractivity (Wildman–Crippen MR) is 160 cm³/mol. The van der Waals surface area contributed by atoms with Crippen LogP contribution >= 0.6 is 0 Å². The van der Waals surface area contributed by atoms with Crippen LogP contribution in [-0.4, -0.2) is 64.7 Å². The van der Waals surface area contributed by atoms with E-state index in [0.29, 0.717) is 49.8 Å². The number of morpholine rings is 1. The number of rotatable bonds is 10. The average Bonchev–Trinajstić information content (AvgIpc) is 3.44. The molecule has 42 heavy (non-hydrogen) atoms. The number of aromatic nitrogens is 2. The summed E-state index contributed by atoms with van der Waals surface area (Å²) in [6, 6.07) is 15.8. The fourth-order valence-corrected chi connectivity index (χ4v) is 5.74. The van der Waals surface area contributed by atoms with Gasteiger partial charge in [-0.15, -0.1) is 0 Å². The number of carbonyl (C=O) groups is 3. The molecule has 0 spiro atoms. The molecule has 2 aromatic carbocycles. The van der Waals surface area contributed by atoms with Gasteiger partial charge in [0.2, 0.25) is 5.91 Å². The van der Waals surface area contributed by atoms with Crippen molar-refractivity contribution in [1.29, 1.82) is 0 Å². The molecule has 222 valence electrons. The Morgan fingerprint density at radius 1 is 0.952 bits per heavy atom. The first-order chi connectivity index (χ1) is 20.5. The fourth-order valence-electron chi connectivity index (χ4n) is 5.74. The molecule has 10 nitrogen and oxygen atoms in total. The second-order valence-electron chi connectivity index (χ2n) is 11.1. The van der Waals surface area contributed by atoms with Crippen LogP contribution in [0.2, 0.25) is 0 Å². The Hall–Kier alpha value is -4.18. The zero-order valence-corrected chi connectivity index (χ0v) is 24.0. The van der Waals surface area contributed by atoms with E-state index in [-0.39, 0.29) is 30.1 Å². The van der Waals surface area contributed by atoms with Gasteiger partial charge < -0.3 is 26.0 Å². The lowest BCUT2D eigenvalue weighted by Crippen LogP contribution is -2.51. The zero-order valence-electron chi connectivity index (χ0n) is 24.0. The van der Waals surface area contributed by atoms with Crippen molar-refractivity contribution in [3.8, 4) is 5.69 Å². The quantitative estimate of drug-likeness (QED) is 0.340. The number of benzene rings is 2. The molecule has 1 saturated heterocycles. The zero-order chi connectivity index (χ0) is 29.3. The van der Waals surface area contributed by atoms with Crippen molar-refractivity contribution >= 4 is 23.5 Å². The summed E-state index contributed by atoms with van der Waals surface area (Å²) in [6.45, 7) is 2.40. The lowest BCUT2D eigenvalue weighted by atomic mass is 9.85. The van der Waals surface area contributed by atoms with E-state index in [1.807, 2.05) is 30.3 Å². The average molecular weight is 573 g/mol. The van der Waals surface area contributed by atoms with Gasteiger partial charge in [0.1, 0.15) is 17.4 Å². The van der Waals surface area contributed by atoms with Gasteiger partial charge in [0.25, 0.3) is 11.8 Å². The van der Waals surface area contributed by atoms with Crippen LogP contribution in [0.4, 0.5) is 5.82 Å². The summed E-state index contributed by atoms with van der Waals surface area (Å²) in [5.41, 5.74) is 8.55. The maximum atomic E-state index is 13.4. The molecule has 0 unspecified atom stereocenters. The molecular formula is C32H40N6O4. The van der Waals surface area contributed by atoms with Crippen molar-refractivity contribution in [3.05, 3.63) is 77.5 Å². The summed E-state index contributed by atoms with van der Waals surface area (Å²) < 4.78 is 6.94. The van der Waals surface area contributed by atoms with Gasteiger partial charge in [0.15, 0.2) is 0 Å². The lowest BCUT2D eigenvalue weighted by molar-refractivity contribution is -0.137. The molecule has 1 aromatic heterocycles. The number of nitrogens with zero attached hydrogens (tertiary/aromatic N) is 3. The Morgan fingerprint density at radius 3 is 2.38 bits per heavy atom. The molecule has 5 rings (SSSR count). The molecule has 1 aliphatic heterocycles. The highest BCUT2D eigenvalue weighted by molar-refractivity contribution is 5.99. The number of nitrogens with two attached hydrogens (primary N) is 1. The van der Waals surface area contributed by atoms with E-state index in [4.69, 9.17) is 10.5 Å². The third-order valence-electron chi connectivity index (χ3n) is 8.24. The molecule has 0 bridgehead atoms. The number of nitrogen functional groups attached to an aromatic ring is 1. The highest BCUT2D eigenvalue weighted by Crippen LogP contribution is 2.28. The number of anilines is 1. The minimum Gasteiger partial charge on any atom is -0.383 e. The van der Waals surface area contributed by atoms with Crippen LogP contribution in [0.5, 0.6) is 0 Å². The molecule has 10 heteroatoms. The summed E-state index contributed by atoms with van der Waals surface area (Å²) in [5, 5.41) is 10.1. The molecule has 4 N–H and O–H groups in total. The van der Waals surface area contributed by atoms with Gasteiger partial charge >= 0.3 is 0 Å². The summed E-state index contributed by atoms with van der Waals surface area (Å²) in [4.78, 5) is 41.2. The normalized spacial score (nSPS) is 16.5. The summed E-state index contributed by atoms with van der Waals surface area (Å²) in [6.07, 6.45) is 9.21. The first-order valence-corrected chi connectivity index (χ1v) is 14.9. The van der Waals surface area contributed by atoms with Crippen LogP contribution in [-0.2, 0) is 16.1 Å². The van der Waals surface area contributed by atoms with Crippen LogP contribution in [0.3, 0.4) is 0 Å². The highest BCUT2D eigenvalue weighted by atomic mass is 16.5. The summed E-state index contributed by atoms with van der Waals surface area (Å²) in [5.74, 6) is 0.237. The molecule has 2 fully saturated rings. The fraction of sp³-hybridized carbons (Fsp3) is 0.438. The number of para-hydroxylation sites is 1. The third-order valence-corrected chi connectivity index (χ3v) is 8.24. The first-order valence-electron chi connectivity index (χ1n) is 14.9. The monoisotopic (exact) mass is 572 g/mol. The van der Waals surface area contributed by atoms with E-state index in [1.54, 1.807) is 29.2 Å². The second kappa shape index (κ2) is 14.1. The van der Waals surface area contributed by atoms with Crippen molar-refractivity contribution in [2.45, 2.75) is 57.5 Å². The summed E-state index contributed by atoms with van der Waals surface area (Å²) in [7, 11) is 0. The SMILES string of the molecule is Nc1c(C(=O)NCc2ccc(C(=O)N[C@@H](CCC3CCCCC3)C(=O)N3CCOCC3)cc2)cnn1-c1ccccc1. The summed E-state index contributed by atoms with van der Waals surface area (Å²) >= 11 is 0. The molecule has 1 saturated carbocycles. The number of nitrogens with one attached hydrogen (secondary N) is 2. The van der Waals surface area contributed by atoms with Crippen LogP contribution < -0.4 is 16.4 Å². The van der Waals surface area contributed by atoms with Crippen LogP contribution in [0, 0.1) is 5.92 Å². The Balaban J connectivity index is 1.17. The maximum absolute atomic E-state index is 13.4. The molecule has 1 aliphatic carbocycles. The van der Waals surface area contributed by atoms with Crippen LogP contribution in [0.1, 0.15) is 71.2 Å². The third kappa shape index (κ3) is 7.36. The van der Waals surface area contributed by atoms with Crippen molar-refractivity contribution < 1.29 is 19.1 Å². The van der Waals surface area contributed by atoms with Gasteiger partial charge in [0.05, 0.1) is 25.1 Å². The molecule has 2 aliphatic rings. The van der Waals surface area contributed by atoms with Gasteiger partial charge in [-0.25, -0.2) is 4.68 Å². The topological polar surface area (TPSA) is 132 Å². The Morgan fingerprint density at radius 2 is 1.67 bits per heavy atom. The van der Waals surface area contributed by atoms with E-state index < -0.39 is 6.04 Å². The standard InChI is InChI=1S/C32H40N6O4/c33-29-27(22-35-38(29)26-9-5-2-6-10-26)31(40)34-21-24-11-14-25(15-12-24)30(39)36-28(16-13-23-7-3-1-4-8-23)32(41)37-17-19-42-20-18-37/h2,5-6,9-12,14-15,22-23,28H,1,3-4,7-8,13,16-21,33H2,(H,34,40)(H,36,39)/t28-/m0/s1. The van der Waals surface area contributed by atoms with Crippen molar-refractivity contribution in [2.75, 3.05) is 32.0 Å². The van der Waals surface area contributed by atoms with Crippen molar-refractivity contribution in [2.24, 2.45) is 5.92 Å². The molecule has 1 atom stereocenters. The maximum Gasteiger partial charge on any atom is 0.256 e. The van der Waals surface area contributed by atoms with Crippen LogP contribution in [0.25, 0.3) is 5.69 Å².